The summed E-state index contributed by atoms with van der Waals surface area (Å²) < 4.78 is 7.54. The Morgan fingerprint density at radius 2 is 1.86 bits per heavy atom. The summed E-state index contributed by atoms with van der Waals surface area (Å²) in [4.78, 5) is 42.3. The van der Waals surface area contributed by atoms with Gasteiger partial charge in [-0.15, -0.1) is 0 Å². The Morgan fingerprint density at radius 1 is 1.20 bits per heavy atom. The molecule has 3 rings (SSSR count). The van der Waals surface area contributed by atoms with E-state index in [4.69, 9.17) is 4.74 Å². The molecule has 190 valence electrons. The van der Waals surface area contributed by atoms with Gasteiger partial charge in [-0.3, -0.25) is 19.2 Å². The van der Waals surface area contributed by atoms with Crippen LogP contribution in [0.15, 0.2) is 24.3 Å². The highest BCUT2D eigenvalue weighted by Crippen LogP contribution is 2.38. The van der Waals surface area contributed by atoms with E-state index in [1.54, 1.807) is 36.5 Å². The highest BCUT2D eigenvalue weighted by molar-refractivity contribution is 6.19. The lowest BCUT2D eigenvalue weighted by molar-refractivity contribution is -0.136. The second kappa shape index (κ2) is 9.36. The summed E-state index contributed by atoms with van der Waals surface area (Å²) in [5.41, 5.74) is 1.87. The van der Waals surface area contributed by atoms with Crippen molar-refractivity contribution >= 4 is 29.3 Å². The number of nitrogens with one attached hydrogen (secondary N) is 1. The monoisotopic (exact) mass is 483 g/mol. The number of ether oxygens (including phenoxy) is 1. The van der Waals surface area contributed by atoms with Gasteiger partial charge in [0.25, 0.3) is 0 Å². The third-order valence-electron chi connectivity index (χ3n) is 6.25. The number of benzene rings is 1. The van der Waals surface area contributed by atoms with E-state index in [1.165, 1.54) is 4.90 Å². The summed E-state index contributed by atoms with van der Waals surface area (Å²) in [6.07, 6.45) is 0.182. The molecule has 1 aromatic heterocycles. The summed E-state index contributed by atoms with van der Waals surface area (Å²) in [7, 11) is 3.52. The summed E-state index contributed by atoms with van der Waals surface area (Å²) in [5, 5.41) is 7.29. The number of amides is 3. The first-order valence-corrected chi connectivity index (χ1v) is 11.9. The van der Waals surface area contributed by atoms with Crippen LogP contribution < -0.4 is 10.2 Å². The van der Waals surface area contributed by atoms with Gasteiger partial charge in [-0.2, -0.15) is 5.10 Å². The normalized spacial score (nSPS) is 16.3. The predicted molar refractivity (Wildman–Crippen MR) is 135 cm³/mol. The average Bonchev–Trinajstić information content (AvgIpc) is 3.05. The van der Waals surface area contributed by atoms with Gasteiger partial charge in [-0.25, -0.2) is 4.79 Å². The minimum atomic E-state index is -1.20. The molecule has 1 unspecified atom stereocenters. The van der Waals surface area contributed by atoms with Gasteiger partial charge in [-0.1, -0.05) is 13.0 Å². The van der Waals surface area contributed by atoms with Gasteiger partial charge in [-0.05, 0) is 71.7 Å². The van der Waals surface area contributed by atoms with Crippen LogP contribution in [0, 0.1) is 12.3 Å². The SMILES string of the molecule is CCC(c1ccc2c(c1)N(C)C(=O)C(C)(C)C(=O)N2)N(Cc1cc(C)nn1C)C(=O)OC(C)(C)C. The molecule has 3 amide bonds. The number of aromatic nitrogens is 2. The van der Waals surface area contributed by atoms with Crippen molar-refractivity contribution in [2.75, 3.05) is 17.3 Å². The molecule has 1 aliphatic heterocycles. The fourth-order valence-corrected chi connectivity index (χ4v) is 4.29. The molecule has 0 saturated heterocycles. The van der Waals surface area contributed by atoms with Crippen LogP contribution in [-0.4, -0.2) is 45.2 Å². The van der Waals surface area contributed by atoms with Crippen LogP contribution in [0.4, 0.5) is 16.2 Å². The van der Waals surface area contributed by atoms with E-state index in [2.05, 4.69) is 10.4 Å². The molecule has 1 N–H and O–H groups in total. The first kappa shape index (κ1) is 26.2. The summed E-state index contributed by atoms with van der Waals surface area (Å²) in [6, 6.07) is 7.16. The Morgan fingerprint density at radius 3 is 2.40 bits per heavy atom. The molecular formula is C26H37N5O4. The fraction of sp³-hybridized carbons (Fsp3) is 0.538. The molecule has 0 spiro atoms. The maximum Gasteiger partial charge on any atom is 0.411 e. The van der Waals surface area contributed by atoms with Crippen molar-refractivity contribution in [1.29, 1.82) is 0 Å². The van der Waals surface area contributed by atoms with Crippen molar-refractivity contribution < 1.29 is 19.1 Å². The van der Waals surface area contributed by atoms with E-state index in [0.29, 0.717) is 24.3 Å². The van der Waals surface area contributed by atoms with E-state index in [0.717, 1.165) is 17.0 Å². The van der Waals surface area contributed by atoms with Gasteiger partial charge >= 0.3 is 6.09 Å². The van der Waals surface area contributed by atoms with Crippen molar-refractivity contribution in [3.63, 3.8) is 0 Å². The second-order valence-electron chi connectivity index (χ2n) is 10.7. The van der Waals surface area contributed by atoms with Crippen molar-refractivity contribution in [2.45, 2.75) is 73.1 Å². The Balaban J connectivity index is 2.06. The highest BCUT2D eigenvalue weighted by atomic mass is 16.6. The number of rotatable bonds is 5. The van der Waals surface area contributed by atoms with Crippen LogP contribution >= 0.6 is 0 Å². The molecular weight excluding hydrogens is 446 g/mol. The van der Waals surface area contributed by atoms with Gasteiger partial charge < -0.3 is 15.0 Å². The van der Waals surface area contributed by atoms with Crippen molar-refractivity contribution in [2.24, 2.45) is 12.5 Å². The largest absolute Gasteiger partial charge is 0.444 e. The van der Waals surface area contributed by atoms with E-state index in [1.807, 2.05) is 59.9 Å². The molecule has 0 bridgehead atoms. The third-order valence-corrected chi connectivity index (χ3v) is 6.25. The van der Waals surface area contributed by atoms with Gasteiger partial charge in [0.15, 0.2) is 0 Å². The topological polar surface area (TPSA) is 96.8 Å². The summed E-state index contributed by atoms with van der Waals surface area (Å²) in [5.74, 6) is -0.650. The van der Waals surface area contributed by atoms with Gasteiger partial charge in [0.2, 0.25) is 11.8 Å². The first-order chi connectivity index (χ1) is 16.2. The molecule has 0 fully saturated rings. The van der Waals surface area contributed by atoms with Gasteiger partial charge in [0.05, 0.1) is 35.3 Å². The highest BCUT2D eigenvalue weighted by Gasteiger charge is 2.42. The Hall–Kier alpha value is -3.36. The molecule has 2 heterocycles. The molecule has 0 radical (unpaired) electrons. The lowest BCUT2D eigenvalue weighted by atomic mass is 9.91. The van der Waals surface area contributed by atoms with Gasteiger partial charge in [0.1, 0.15) is 11.0 Å². The summed E-state index contributed by atoms with van der Waals surface area (Å²) in [6.45, 7) is 13.0. The number of aryl methyl sites for hydroxylation is 2. The number of carbonyl (C=O) groups is 3. The fourth-order valence-electron chi connectivity index (χ4n) is 4.29. The second-order valence-corrected chi connectivity index (χ2v) is 10.7. The molecule has 0 saturated carbocycles. The first-order valence-electron chi connectivity index (χ1n) is 11.9. The molecule has 1 atom stereocenters. The van der Waals surface area contributed by atoms with Crippen LogP contribution in [0.1, 0.15) is 71.0 Å². The zero-order valence-corrected chi connectivity index (χ0v) is 22.2. The predicted octanol–water partition coefficient (Wildman–Crippen LogP) is 4.56. The van der Waals surface area contributed by atoms with E-state index in [9.17, 15) is 14.4 Å². The molecule has 2 aromatic rings. The summed E-state index contributed by atoms with van der Waals surface area (Å²) >= 11 is 0. The number of nitrogens with zero attached hydrogens (tertiary/aromatic N) is 4. The zero-order chi connectivity index (χ0) is 26.3. The Labute approximate surface area is 207 Å². The van der Waals surface area contributed by atoms with Crippen LogP contribution in [0.5, 0.6) is 0 Å². The lowest BCUT2D eigenvalue weighted by Gasteiger charge is -2.34. The number of anilines is 2. The molecule has 1 aromatic carbocycles. The molecule has 9 heteroatoms. The minimum Gasteiger partial charge on any atom is -0.444 e. The van der Waals surface area contributed by atoms with E-state index < -0.39 is 17.1 Å². The molecule has 9 nitrogen and oxygen atoms in total. The molecule has 1 aliphatic rings. The quantitative estimate of drug-likeness (QED) is 0.629. The lowest BCUT2D eigenvalue weighted by Crippen LogP contribution is -2.43. The number of carbonyl (C=O) groups excluding carboxylic acids is 3. The molecule has 35 heavy (non-hydrogen) atoms. The van der Waals surface area contributed by atoms with E-state index in [-0.39, 0.29) is 17.9 Å². The van der Waals surface area contributed by atoms with Crippen molar-refractivity contribution in [1.82, 2.24) is 14.7 Å². The maximum atomic E-state index is 13.4. The van der Waals surface area contributed by atoms with Crippen molar-refractivity contribution in [3.8, 4) is 0 Å². The van der Waals surface area contributed by atoms with E-state index >= 15 is 0 Å². The van der Waals surface area contributed by atoms with Crippen LogP contribution in [0.25, 0.3) is 0 Å². The average molecular weight is 484 g/mol. The minimum absolute atomic E-state index is 0.298. The van der Waals surface area contributed by atoms with Gasteiger partial charge in [0, 0.05) is 14.1 Å². The number of fused-ring (bicyclic) bond motifs is 1. The Bertz CT molecular complexity index is 1150. The van der Waals surface area contributed by atoms with Crippen LogP contribution in [0.2, 0.25) is 0 Å². The smallest absolute Gasteiger partial charge is 0.411 e. The number of hydrogen-bond acceptors (Lipinski definition) is 5. The zero-order valence-electron chi connectivity index (χ0n) is 22.2. The molecule has 0 aliphatic carbocycles. The third kappa shape index (κ3) is 5.33. The standard InChI is InChI=1S/C26H37N5O4/c1-10-20(31(24(34)35-25(3,4)5)15-18-13-16(2)28-30(18)9)17-11-12-19-21(14-17)29(8)23(33)26(6,7)22(32)27-19/h11-14,20H,10,15H2,1-9H3,(H,27,32). The Kier molecular flexibility index (Phi) is 7.02. The van der Waals surface area contributed by atoms with Crippen LogP contribution in [0.3, 0.4) is 0 Å². The van der Waals surface area contributed by atoms with Crippen LogP contribution in [-0.2, 0) is 27.9 Å². The maximum absolute atomic E-state index is 13.4. The number of hydrogen-bond donors (Lipinski definition) is 1. The van der Waals surface area contributed by atoms with Crippen molar-refractivity contribution in [3.05, 3.63) is 41.2 Å².